The molecule has 1 aromatic carbocycles. The highest BCUT2D eigenvalue weighted by atomic mass is 16.2. The monoisotopic (exact) mass is 352 g/mol. The van der Waals surface area contributed by atoms with Gasteiger partial charge in [-0.05, 0) is 31.4 Å². The van der Waals surface area contributed by atoms with Gasteiger partial charge >= 0.3 is 0 Å². The van der Waals surface area contributed by atoms with Gasteiger partial charge in [0.1, 0.15) is 5.52 Å². The van der Waals surface area contributed by atoms with Crippen molar-refractivity contribution in [1.82, 2.24) is 30.1 Å². The molecule has 0 radical (unpaired) electrons. The molecule has 1 N–H and O–H groups in total. The van der Waals surface area contributed by atoms with Gasteiger partial charge < -0.3 is 5.32 Å². The predicted octanol–water partition coefficient (Wildman–Crippen LogP) is 1.11. The standard InChI is InChI=1S/C18H20N6O2/c1-23-16-8-4-7-14(13(16)11-19-23)20-17(25)9-10-24-18(26)12-5-2-3-6-15(12)21-22-24/h2-3,5-6,11,14H,4,7-10H2,1H3,(H,20,25)/t14-/m1/s1. The molecule has 134 valence electrons. The topological polar surface area (TPSA) is 94.7 Å². The molecule has 1 atom stereocenters. The molecule has 0 fully saturated rings. The van der Waals surface area contributed by atoms with Crippen LogP contribution in [-0.2, 0) is 24.8 Å². The van der Waals surface area contributed by atoms with Crippen LogP contribution in [0.4, 0.5) is 0 Å². The van der Waals surface area contributed by atoms with E-state index in [1.165, 1.54) is 10.4 Å². The summed E-state index contributed by atoms with van der Waals surface area (Å²) in [6.45, 7) is 0.203. The zero-order valence-electron chi connectivity index (χ0n) is 14.6. The second kappa shape index (κ2) is 6.70. The molecule has 2 aromatic heterocycles. The Hall–Kier alpha value is -3.03. The maximum absolute atomic E-state index is 12.4. The molecule has 0 unspecified atom stereocenters. The summed E-state index contributed by atoms with van der Waals surface area (Å²) in [5.41, 5.74) is 2.60. The number of benzene rings is 1. The molecule has 4 rings (SSSR count). The third-order valence-electron chi connectivity index (χ3n) is 4.89. The number of nitrogens with one attached hydrogen (secondary N) is 1. The molecule has 2 heterocycles. The predicted molar refractivity (Wildman–Crippen MR) is 95.4 cm³/mol. The van der Waals surface area contributed by atoms with Crippen molar-refractivity contribution in [2.75, 3.05) is 0 Å². The smallest absolute Gasteiger partial charge is 0.277 e. The number of carbonyl (C=O) groups excluding carboxylic acids is 1. The Morgan fingerprint density at radius 1 is 1.35 bits per heavy atom. The lowest BCUT2D eigenvalue weighted by Gasteiger charge is -2.23. The molecular weight excluding hydrogens is 332 g/mol. The van der Waals surface area contributed by atoms with E-state index in [9.17, 15) is 9.59 Å². The van der Waals surface area contributed by atoms with E-state index < -0.39 is 0 Å². The van der Waals surface area contributed by atoms with Crippen LogP contribution in [0.25, 0.3) is 10.9 Å². The van der Waals surface area contributed by atoms with Gasteiger partial charge in [0.15, 0.2) is 0 Å². The summed E-state index contributed by atoms with van der Waals surface area (Å²) in [6.07, 6.45) is 4.92. The van der Waals surface area contributed by atoms with Gasteiger partial charge in [0.05, 0.1) is 24.2 Å². The van der Waals surface area contributed by atoms with Gasteiger partial charge in [-0.15, -0.1) is 5.10 Å². The number of fused-ring (bicyclic) bond motifs is 2. The Labute approximate surface area is 149 Å². The second-order valence-corrected chi connectivity index (χ2v) is 6.57. The van der Waals surface area contributed by atoms with Crippen LogP contribution in [-0.4, -0.2) is 30.7 Å². The van der Waals surface area contributed by atoms with Gasteiger partial charge in [-0.25, -0.2) is 4.68 Å². The van der Waals surface area contributed by atoms with Crippen LogP contribution in [0.1, 0.15) is 36.6 Å². The summed E-state index contributed by atoms with van der Waals surface area (Å²) in [5, 5.41) is 15.8. The van der Waals surface area contributed by atoms with Crippen molar-refractivity contribution in [2.24, 2.45) is 7.05 Å². The van der Waals surface area contributed by atoms with E-state index in [1.807, 2.05) is 24.0 Å². The Morgan fingerprint density at radius 2 is 2.19 bits per heavy atom. The largest absolute Gasteiger partial charge is 0.349 e. The molecule has 0 saturated carbocycles. The third-order valence-corrected chi connectivity index (χ3v) is 4.89. The maximum Gasteiger partial charge on any atom is 0.277 e. The summed E-state index contributed by atoms with van der Waals surface area (Å²) in [7, 11) is 1.92. The molecular formula is C18H20N6O2. The average molecular weight is 352 g/mol. The highest BCUT2D eigenvalue weighted by Gasteiger charge is 2.24. The molecule has 0 bridgehead atoms. The zero-order chi connectivity index (χ0) is 18.1. The van der Waals surface area contributed by atoms with Gasteiger partial charge in [-0.1, -0.05) is 17.3 Å². The summed E-state index contributed by atoms with van der Waals surface area (Å²) in [4.78, 5) is 24.8. The Bertz CT molecular complexity index is 1020. The van der Waals surface area contributed by atoms with Gasteiger partial charge in [0, 0.05) is 24.7 Å². The van der Waals surface area contributed by atoms with Crippen molar-refractivity contribution in [3.8, 4) is 0 Å². The number of carbonyl (C=O) groups is 1. The fourth-order valence-corrected chi connectivity index (χ4v) is 3.50. The summed E-state index contributed by atoms with van der Waals surface area (Å²) in [6, 6.07) is 7.05. The average Bonchev–Trinajstić information content (AvgIpc) is 3.04. The number of aromatic nitrogens is 5. The van der Waals surface area contributed by atoms with Crippen molar-refractivity contribution in [1.29, 1.82) is 0 Å². The van der Waals surface area contributed by atoms with Crippen molar-refractivity contribution < 1.29 is 4.79 Å². The lowest BCUT2D eigenvalue weighted by atomic mass is 9.93. The highest BCUT2D eigenvalue weighted by molar-refractivity contribution is 5.77. The first-order valence-corrected chi connectivity index (χ1v) is 8.76. The van der Waals surface area contributed by atoms with E-state index in [-0.39, 0.29) is 30.5 Å². The summed E-state index contributed by atoms with van der Waals surface area (Å²) >= 11 is 0. The number of hydrogen-bond donors (Lipinski definition) is 1. The minimum atomic E-state index is -0.226. The van der Waals surface area contributed by atoms with E-state index in [4.69, 9.17) is 0 Å². The van der Waals surface area contributed by atoms with Crippen molar-refractivity contribution in [3.05, 3.63) is 52.1 Å². The van der Waals surface area contributed by atoms with Gasteiger partial charge in [-0.3, -0.25) is 14.3 Å². The number of amides is 1. The lowest BCUT2D eigenvalue weighted by Crippen LogP contribution is -2.33. The van der Waals surface area contributed by atoms with Crippen molar-refractivity contribution >= 4 is 16.8 Å². The highest BCUT2D eigenvalue weighted by Crippen LogP contribution is 2.29. The SMILES string of the molecule is Cn1ncc2c1CCC[C@H]2NC(=O)CCn1nnc2ccccc2c1=O. The van der Waals surface area contributed by atoms with E-state index in [0.29, 0.717) is 10.9 Å². The number of aryl methyl sites for hydroxylation is 2. The first-order chi connectivity index (χ1) is 12.6. The Balaban J connectivity index is 1.44. The molecule has 8 nitrogen and oxygen atoms in total. The van der Waals surface area contributed by atoms with Crippen molar-refractivity contribution in [2.45, 2.75) is 38.3 Å². The van der Waals surface area contributed by atoms with Crippen LogP contribution in [0.3, 0.4) is 0 Å². The summed E-state index contributed by atoms with van der Waals surface area (Å²) in [5.74, 6) is -0.103. The minimum Gasteiger partial charge on any atom is -0.349 e. The molecule has 3 aromatic rings. The lowest BCUT2D eigenvalue weighted by molar-refractivity contribution is -0.122. The normalized spacial score (nSPS) is 16.4. The number of nitrogens with zero attached hydrogens (tertiary/aromatic N) is 5. The third kappa shape index (κ3) is 2.98. The van der Waals surface area contributed by atoms with Crippen LogP contribution < -0.4 is 10.9 Å². The first kappa shape index (κ1) is 16.4. The van der Waals surface area contributed by atoms with Crippen molar-refractivity contribution in [3.63, 3.8) is 0 Å². The van der Waals surface area contributed by atoms with Crippen LogP contribution in [0.5, 0.6) is 0 Å². The Morgan fingerprint density at radius 3 is 3.08 bits per heavy atom. The van der Waals surface area contributed by atoms with Gasteiger partial charge in [-0.2, -0.15) is 5.10 Å². The Kier molecular flexibility index (Phi) is 4.24. The molecule has 1 amide bonds. The van der Waals surface area contributed by atoms with Gasteiger partial charge in [0.25, 0.3) is 5.56 Å². The molecule has 0 spiro atoms. The minimum absolute atomic E-state index is 0.0145. The maximum atomic E-state index is 12.4. The molecule has 8 heteroatoms. The van der Waals surface area contributed by atoms with E-state index in [1.54, 1.807) is 18.2 Å². The van der Waals surface area contributed by atoms with Crippen LogP contribution in [0, 0.1) is 0 Å². The number of rotatable bonds is 4. The molecule has 26 heavy (non-hydrogen) atoms. The van der Waals surface area contributed by atoms with E-state index in [0.717, 1.165) is 24.8 Å². The van der Waals surface area contributed by atoms with Crippen LogP contribution >= 0.6 is 0 Å². The van der Waals surface area contributed by atoms with E-state index in [2.05, 4.69) is 20.7 Å². The van der Waals surface area contributed by atoms with Gasteiger partial charge in [0.2, 0.25) is 5.91 Å². The zero-order valence-corrected chi connectivity index (χ0v) is 14.6. The molecule has 1 aliphatic rings. The molecule has 0 aliphatic heterocycles. The quantitative estimate of drug-likeness (QED) is 0.759. The second-order valence-electron chi connectivity index (χ2n) is 6.57. The molecule has 1 aliphatic carbocycles. The number of hydrogen-bond acceptors (Lipinski definition) is 5. The summed E-state index contributed by atoms with van der Waals surface area (Å²) < 4.78 is 3.12. The van der Waals surface area contributed by atoms with E-state index >= 15 is 0 Å². The first-order valence-electron chi connectivity index (χ1n) is 8.76. The fourth-order valence-electron chi connectivity index (χ4n) is 3.50. The fraction of sp³-hybridized carbons (Fsp3) is 0.389. The molecule has 0 saturated heterocycles. The van der Waals surface area contributed by atoms with Crippen LogP contribution in [0.15, 0.2) is 35.3 Å². The van der Waals surface area contributed by atoms with Crippen LogP contribution in [0.2, 0.25) is 0 Å².